The minimum Gasteiger partial charge on any atom is -0.360 e. The third-order valence-electron chi connectivity index (χ3n) is 2.32. The number of carbonyl (C=O) groups excluding carboxylic acids is 1. The molecular weight excluding hydrogens is 262 g/mol. The topological polar surface area (TPSA) is 79.8 Å². The maximum absolute atomic E-state index is 11.9. The summed E-state index contributed by atoms with van der Waals surface area (Å²) in [7, 11) is 0. The van der Waals surface area contributed by atoms with Crippen molar-refractivity contribution in [2.45, 2.75) is 19.9 Å². The van der Waals surface area contributed by atoms with E-state index < -0.39 is 0 Å². The van der Waals surface area contributed by atoms with Crippen molar-refractivity contribution in [1.29, 1.82) is 0 Å². The van der Waals surface area contributed by atoms with Gasteiger partial charge in [-0.2, -0.15) is 0 Å². The zero-order valence-electron chi connectivity index (χ0n) is 10.6. The summed E-state index contributed by atoms with van der Waals surface area (Å²) in [5.41, 5.74) is 0.949. The molecule has 0 aromatic carbocycles. The first-order valence-corrected chi connectivity index (χ1v) is 6.85. The van der Waals surface area contributed by atoms with Crippen molar-refractivity contribution in [3.05, 3.63) is 35.1 Å². The highest BCUT2D eigenvalue weighted by molar-refractivity contribution is 7.17. The van der Waals surface area contributed by atoms with Crippen molar-refractivity contribution in [1.82, 2.24) is 20.5 Å². The van der Waals surface area contributed by atoms with Gasteiger partial charge in [-0.25, -0.2) is 0 Å². The molecule has 19 heavy (non-hydrogen) atoms. The zero-order valence-corrected chi connectivity index (χ0v) is 11.4. The Bertz CT molecular complexity index is 528. The second kappa shape index (κ2) is 6.79. The van der Waals surface area contributed by atoms with E-state index >= 15 is 0 Å². The molecule has 2 aromatic rings. The van der Waals surface area contributed by atoms with Gasteiger partial charge < -0.3 is 10.6 Å². The molecule has 0 aliphatic rings. The van der Waals surface area contributed by atoms with Gasteiger partial charge in [0.05, 0.1) is 0 Å². The van der Waals surface area contributed by atoms with Gasteiger partial charge in [0, 0.05) is 25.5 Å². The normalized spacial score (nSPS) is 10.2. The lowest BCUT2D eigenvalue weighted by Gasteiger charge is -2.01. The smallest absolute Gasteiger partial charge is 0.282 e. The molecule has 2 rings (SSSR count). The van der Waals surface area contributed by atoms with Gasteiger partial charge in [-0.15, -0.1) is 10.2 Å². The van der Waals surface area contributed by atoms with Gasteiger partial charge in [0.25, 0.3) is 5.91 Å². The van der Waals surface area contributed by atoms with E-state index in [4.69, 9.17) is 0 Å². The van der Waals surface area contributed by atoms with Gasteiger partial charge in [-0.05, 0) is 18.1 Å². The Kier molecular flexibility index (Phi) is 4.79. The third kappa shape index (κ3) is 3.99. The van der Waals surface area contributed by atoms with E-state index in [-0.39, 0.29) is 5.91 Å². The van der Waals surface area contributed by atoms with E-state index in [1.165, 1.54) is 11.3 Å². The largest absolute Gasteiger partial charge is 0.360 e. The van der Waals surface area contributed by atoms with Crippen molar-refractivity contribution >= 4 is 22.4 Å². The highest BCUT2D eigenvalue weighted by Gasteiger charge is 2.12. The van der Waals surface area contributed by atoms with Crippen LogP contribution in [-0.2, 0) is 6.54 Å². The van der Waals surface area contributed by atoms with Gasteiger partial charge in [-0.1, -0.05) is 24.3 Å². The van der Waals surface area contributed by atoms with Crippen LogP contribution in [0.2, 0.25) is 0 Å². The van der Waals surface area contributed by atoms with Crippen molar-refractivity contribution in [2.75, 3.05) is 11.9 Å². The SMILES string of the molecule is CCCNc1nnc(C(=O)NCc2cccnc2)s1. The van der Waals surface area contributed by atoms with Crippen LogP contribution in [0.15, 0.2) is 24.5 Å². The second-order valence-electron chi connectivity index (χ2n) is 3.88. The summed E-state index contributed by atoms with van der Waals surface area (Å²) in [5, 5.41) is 14.7. The number of anilines is 1. The molecule has 7 heteroatoms. The molecule has 0 aliphatic heterocycles. The van der Waals surface area contributed by atoms with Crippen molar-refractivity contribution < 1.29 is 4.79 Å². The summed E-state index contributed by atoms with van der Waals surface area (Å²) in [5.74, 6) is -0.217. The molecule has 0 saturated heterocycles. The fourth-order valence-corrected chi connectivity index (χ4v) is 2.06. The summed E-state index contributed by atoms with van der Waals surface area (Å²) >= 11 is 1.26. The average Bonchev–Trinajstić information content (AvgIpc) is 2.92. The molecule has 2 N–H and O–H groups in total. The summed E-state index contributed by atoms with van der Waals surface area (Å²) < 4.78 is 0. The van der Waals surface area contributed by atoms with Gasteiger partial charge >= 0.3 is 0 Å². The molecule has 0 bridgehead atoms. The van der Waals surface area contributed by atoms with E-state index in [1.807, 2.05) is 12.1 Å². The Labute approximate surface area is 115 Å². The maximum atomic E-state index is 11.9. The Morgan fingerprint density at radius 1 is 1.42 bits per heavy atom. The van der Waals surface area contributed by atoms with E-state index in [2.05, 4.69) is 32.7 Å². The molecule has 0 radical (unpaired) electrons. The lowest BCUT2D eigenvalue weighted by Crippen LogP contribution is -2.22. The van der Waals surface area contributed by atoms with Crippen LogP contribution in [0.5, 0.6) is 0 Å². The third-order valence-corrected chi connectivity index (χ3v) is 3.20. The van der Waals surface area contributed by atoms with E-state index in [1.54, 1.807) is 12.4 Å². The number of hydrogen-bond donors (Lipinski definition) is 2. The fourth-order valence-electron chi connectivity index (χ4n) is 1.38. The second-order valence-corrected chi connectivity index (χ2v) is 4.86. The van der Waals surface area contributed by atoms with Gasteiger partial charge in [0.2, 0.25) is 10.1 Å². The monoisotopic (exact) mass is 277 g/mol. The quantitative estimate of drug-likeness (QED) is 0.840. The fraction of sp³-hybridized carbons (Fsp3) is 0.333. The molecule has 1 amide bonds. The van der Waals surface area contributed by atoms with Crippen molar-refractivity contribution in [2.24, 2.45) is 0 Å². The minimum atomic E-state index is -0.217. The number of nitrogens with one attached hydrogen (secondary N) is 2. The Balaban J connectivity index is 1.87. The Morgan fingerprint density at radius 3 is 3.05 bits per heavy atom. The number of pyridine rings is 1. The van der Waals surface area contributed by atoms with Crippen molar-refractivity contribution in [3.8, 4) is 0 Å². The maximum Gasteiger partial charge on any atom is 0.282 e. The van der Waals surface area contributed by atoms with E-state index in [9.17, 15) is 4.79 Å². The Morgan fingerprint density at radius 2 is 2.32 bits per heavy atom. The Hall–Kier alpha value is -2.02. The summed E-state index contributed by atoms with van der Waals surface area (Å²) in [6.45, 7) is 3.32. The number of aromatic nitrogens is 3. The molecule has 0 unspecified atom stereocenters. The van der Waals surface area contributed by atoms with Gasteiger partial charge in [0.1, 0.15) is 0 Å². The van der Waals surface area contributed by atoms with Gasteiger partial charge in [0.15, 0.2) is 0 Å². The molecule has 2 heterocycles. The number of nitrogens with zero attached hydrogens (tertiary/aromatic N) is 3. The molecule has 0 saturated carbocycles. The van der Waals surface area contributed by atoms with E-state index in [0.717, 1.165) is 18.5 Å². The number of rotatable bonds is 6. The van der Waals surface area contributed by atoms with E-state index in [0.29, 0.717) is 16.7 Å². The summed E-state index contributed by atoms with van der Waals surface area (Å²) in [6.07, 6.45) is 4.42. The number of hydrogen-bond acceptors (Lipinski definition) is 6. The molecule has 0 aliphatic carbocycles. The summed E-state index contributed by atoms with van der Waals surface area (Å²) in [6, 6.07) is 3.74. The molecular formula is C12H15N5OS. The first kappa shape index (κ1) is 13.4. The predicted octanol–water partition coefficient (Wildman–Crippen LogP) is 1.68. The molecule has 100 valence electrons. The highest BCUT2D eigenvalue weighted by Crippen LogP contribution is 2.14. The van der Waals surface area contributed by atoms with Crippen LogP contribution in [0.25, 0.3) is 0 Å². The first-order chi connectivity index (χ1) is 9.29. The predicted molar refractivity (Wildman–Crippen MR) is 74.1 cm³/mol. The lowest BCUT2D eigenvalue weighted by molar-refractivity contribution is 0.0950. The molecule has 0 spiro atoms. The minimum absolute atomic E-state index is 0.217. The average molecular weight is 277 g/mol. The van der Waals surface area contributed by atoms with Gasteiger partial charge in [-0.3, -0.25) is 9.78 Å². The molecule has 0 fully saturated rings. The van der Waals surface area contributed by atoms with Crippen LogP contribution in [0.3, 0.4) is 0 Å². The molecule has 0 atom stereocenters. The first-order valence-electron chi connectivity index (χ1n) is 6.04. The van der Waals surface area contributed by atoms with Crippen LogP contribution in [-0.4, -0.2) is 27.6 Å². The standard InChI is InChI=1S/C12H15N5OS/c1-2-5-14-12-17-16-11(19-12)10(18)15-8-9-4-3-6-13-7-9/h3-4,6-7H,2,5,8H2,1H3,(H,14,17)(H,15,18). The van der Waals surface area contributed by atoms with Crippen LogP contribution >= 0.6 is 11.3 Å². The lowest BCUT2D eigenvalue weighted by atomic mass is 10.3. The zero-order chi connectivity index (χ0) is 13.5. The number of carbonyl (C=O) groups is 1. The van der Waals surface area contributed by atoms with Crippen molar-refractivity contribution in [3.63, 3.8) is 0 Å². The molecule has 6 nitrogen and oxygen atoms in total. The van der Waals surface area contributed by atoms with Crippen LogP contribution < -0.4 is 10.6 Å². The summed E-state index contributed by atoms with van der Waals surface area (Å²) in [4.78, 5) is 15.8. The van der Waals surface area contributed by atoms with Crippen LogP contribution in [0, 0.1) is 0 Å². The van der Waals surface area contributed by atoms with Crippen LogP contribution in [0.1, 0.15) is 28.7 Å². The number of amides is 1. The molecule has 2 aromatic heterocycles. The van der Waals surface area contributed by atoms with Crippen LogP contribution in [0.4, 0.5) is 5.13 Å². The highest BCUT2D eigenvalue weighted by atomic mass is 32.1.